The topological polar surface area (TPSA) is 64.1 Å². The number of fused-ring (bicyclic) bond motifs is 1. The number of nitrogens with one attached hydrogen (secondary N) is 1. The number of thioether (sulfide) groups is 2. The Balaban J connectivity index is 2.03. The van der Waals surface area contributed by atoms with Gasteiger partial charge in [-0.3, -0.25) is 0 Å². The number of methoxy groups -OCH3 is 1. The fraction of sp³-hybridized carbons (Fsp3) is 0.643. The van der Waals surface area contributed by atoms with E-state index in [4.69, 9.17) is 9.72 Å². The summed E-state index contributed by atoms with van der Waals surface area (Å²) in [5.41, 5.74) is 2.34. The van der Waals surface area contributed by atoms with Crippen molar-refractivity contribution in [3.63, 3.8) is 0 Å². The van der Waals surface area contributed by atoms with Gasteiger partial charge in [-0.1, -0.05) is 6.92 Å². The average molecular weight is 325 g/mol. The maximum Gasteiger partial charge on any atom is 0.357 e. The molecular weight excluding hydrogens is 306 g/mol. The van der Waals surface area contributed by atoms with Crippen LogP contribution in [0.4, 0.5) is 0 Å². The lowest BCUT2D eigenvalue weighted by atomic mass is 10.0. The molecule has 0 radical (unpaired) electrons. The first-order valence-electron chi connectivity index (χ1n) is 7.12. The van der Waals surface area contributed by atoms with Crippen LogP contribution in [0.3, 0.4) is 0 Å². The molecule has 0 aromatic carbocycles. The minimum atomic E-state index is -0.361. The van der Waals surface area contributed by atoms with E-state index in [-0.39, 0.29) is 11.2 Å². The van der Waals surface area contributed by atoms with Crippen LogP contribution in [-0.4, -0.2) is 46.3 Å². The summed E-state index contributed by atoms with van der Waals surface area (Å²) in [7, 11) is 1.40. The first kappa shape index (κ1) is 15.1. The Labute approximate surface area is 133 Å². The normalized spacial score (nSPS) is 25.2. The molecule has 0 spiro atoms. The van der Waals surface area contributed by atoms with Gasteiger partial charge < -0.3 is 10.1 Å². The number of nitrogens with zero attached hydrogens (tertiary/aromatic N) is 2. The van der Waals surface area contributed by atoms with Crippen molar-refractivity contribution in [1.29, 1.82) is 0 Å². The molecule has 21 heavy (non-hydrogen) atoms. The van der Waals surface area contributed by atoms with Gasteiger partial charge in [0.25, 0.3) is 0 Å². The van der Waals surface area contributed by atoms with E-state index in [2.05, 4.69) is 17.2 Å². The summed E-state index contributed by atoms with van der Waals surface area (Å²) in [5, 5.41) is 3.99. The Morgan fingerprint density at radius 1 is 1.33 bits per heavy atom. The third-order valence-corrected chi connectivity index (χ3v) is 6.86. The van der Waals surface area contributed by atoms with Crippen molar-refractivity contribution in [3.05, 3.63) is 22.8 Å². The Hall–Kier alpha value is -0.790. The van der Waals surface area contributed by atoms with Gasteiger partial charge in [-0.25, -0.2) is 14.8 Å². The highest BCUT2D eigenvalue weighted by molar-refractivity contribution is 8.06. The smallest absolute Gasteiger partial charge is 0.357 e. The average Bonchev–Trinajstić information content (AvgIpc) is 2.53. The van der Waals surface area contributed by atoms with E-state index in [1.807, 2.05) is 23.5 Å². The zero-order chi connectivity index (χ0) is 14.8. The van der Waals surface area contributed by atoms with E-state index in [9.17, 15) is 4.79 Å². The van der Waals surface area contributed by atoms with Gasteiger partial charge in [0.2, 0.25) is 0 Å². The van der Waals surface area contributed by atoms with E-state index < -0.39 is 0 Å². The number of esters is 1. The van der Waals surface area contributed by atoms with Crippen LogP contribution in [0, 0.1) is 0 Å². The van der Waals surface area contributed by atoms with Crippen LogP contribution in [0.1, 0.15) is 39.7 Å². The fourth-order valence-electron chi connectivity index (χ4n) is 2.67. The summed E-state index contributed by atoms with van der Waals surface area (Å²) < 4.78 is 4.90. The maximum absolute atomic E-state index is 12.0. The summed E-state index contributed by atoms with van der Waals surface area (Å²) in [4.78, 5) is 21.4. The molecule has 2 aliphatic heterocycles. The molecule has 2 aliphatic rings. The van der Waals surface area contributed by atoms with Gasteiger partial charge in [0, 0.05) is 41.8 Å². The quantitative estimate of drug-likeness (QED) is 0.832. The number of hydrogen-bond acceptors (Lipinski definition) is 7. The predicted molar refractivity (Wildman–Crippen MR) is 85.9 cm³/mol. The molecule has 1 N–H and O–H groups in total. The Morgan fingerprint density at radius 2 is 2.14 bits per heavy atom. The molecule has 3 rings (SSSR count). The zero-order valence-electron chi connectivity index (χ0n) is 12.2. The SMILES string of the molecule is COC(=O)c1nc(C2SCCSC2C)nc2c1CNCC2. The van der Waals surface area contributed by atoms with Crippen LogP contribution in [0.5, 0.6) is 0 Å². The lowest BCUT2D eigenvalue weighted by Crippen LogP contribution is -2.30. The molecule has 2 atom stereocenters. The first-order chi connectivity index (χ1) is 10.2. The van der Waals surface area contributed by atoms with Crippen LogP contribution in [0.2, 0.25) is 0 Å². The van der Waals surface area contributed by atoms with Crippen LogP contribution < -0.4 is 5.32 Å². The summed E-state index contributed by atoms with van der Waals surface area (Å²) in [6, 6.07) is 0. The molecule has 114 valence electrons. The minimum absolute atomic E-state index is 0.257. The Kier molecular flexibility index (Phi) is 4.71. The molecule has 3 heterocycles. The lowest BCUT2D eigenvalue weighted by Gasteiger charge is -2.28. The molecule has 2 unspecified atom stereocenters. The van der Waals surface area contributed by atoms with Crippen molar-refractivity contribution in [2.24, 2.45) is 0 Å². The first-order valence-corrected chi connectivity index (χ1v) is 9.22. The second-order valence-corrected chi connectivity index (χ2v) is 7.88. The third kappa shape index (κ3) is 3.05. The summed E-state index contributed by atoms with van der Waals surface area (Å²) in [6.07, 6.45) is 0.841. The molecule has 1 aromatic rings. The largest absolute Gasteiger partial charge is 0.464 e. The van der Waals surface area contributed by atoms with E-state index >= 15 is 0 Å². The van der Waals surface area contributed by atoms with E-state index in [0.717, 1.165) is 35.8 Å². The molecule has 0 bridgehead atoms. The highest BCUT2D eigenvalue weighted by Crippen LogP contribution is 2.41. The monoisotopic (exact) mass is 325 g/mol. The van der Waals surface area contributed by atoms with E-state index in [1.54, 1.807) is 0 Å². The van der Waals surface area contributed by atoms with Gasteiger partial charge in [0.15, 0.2) is 5.69 Å². The van der Waals surface area contributed by atoms with Gasteiger partial charge in [-0.2, -0.15) is 11.8 Å². The van der Waals surface area contributed by atoms with Crippen LogP contribution in [-0.2, 0) is 17.7 Å². The van der Waals surface area contributed by atoms with Crippen LogP contribution >= 0.6 is 23.5 Å². The highest BCUT2D eigenvalue weighted by atomic mass is 32.2. The number of ether oxygens (including phenoxy) is 1. The number of rotatable bonds is 2. The van der Waals surface area contributed by atoms with E-state index in [0.29, 0.717) is 17.5 Å². The van der Waals surface area contributed by atoms with Crippen molar-refractivity contribution >= 4 is 29.5 Å². The predicted octanol–water partition coefficient (Wildman–Crippen LogP) is 1.82. The van der Waals surface area contributed by atoms with Crippen molar-refractivity contribution < 1.29 is 9.53 Å². The minimum Gasteiger partial charge on any atom is -0.464 e. The number of carbonyl (C=O) groups is 1. The molecule has 7 heteroatoms. The zero-order valence-corrected chi connectivity index (χ0v) is 13.9. The maximum atomic E-state index is 12.0. The standard InChI is InChI=1S/C14H19N3O2S2/c1-8-12(21-6-5-20-8)13-16-10-3-4-15-7-9(10)11(17-13)14(18)19-2/h8,12,15H,3-7H2,1-2H3. The van der Waals surface area contributed by atoms with Crippen molar-refractivity contribution in [2.45, 2.75) is 30.4 Å². The third-order valence-electron chi connectivity index (χ3n) is 3.77. The summed E-state index contributed by atoms with van der Waals surface area (Å²) in [5.74, 6) is 2.71. The van der Waals surface area contributed by atoms with Gasteiger partial charge in [0.1, 0.15) is 5.82 Å². The molecule has 0 amide bonds. The van der Waals surface area contributed by atoms with Crippen molar-refractivity contribution in [1.82, 2.24) is 15.3 Å². The van der Waals surface area contributed by atoms with Crippen LogP contribution in [0.25, 0.3) is 0 Å². The molecule has 1 fully saturated rings. The highest BCUT2D eigenvalue weighted by Gasteiger charge is 2.30. The lowest BCUT2D eigenvalue weighted by molar-refractivity contribution is 0.0591. The van der Waals surface area contributed by atoms with Gasteiger partial charge in [0.05, 0.1) is 18.1 Å². The fourth-order valence-corrected chi connectivity index (χ4v) is 5.36. The summed E-state index contributed by atoms with van der Waals surface area (Å²) in [6.45, 7) is 3.75. The molecular formula is C14H19N3O2S2. The number of hydrogen-bond donors (Lipinski definition) is 1. The second-order valence-electron chi connectivity index (χ2n) is 5.14. The van der Waals surface area contributed by atoms with Gasteiger partial charge in [-0.05, 0) is 0 Å². The molecule has 0 saturated carbocycles. The molecule has 5 nitrogen and oxygen atoms in total. The van der Waals surface area contributed by atoms with Gasteiger partial charge >= 0.3 is 5.97 Å². The second kappa shape index (κ2) is 6.54. The Morgan fingerprint density at radius 3 is 2.90 bits per heavy atom. The van der Waals surface area contributed by atoms with E-state index in [1.165, 1.54) is 12.9 Å². The summed E-state index contributed by atoms with van der Waals surface area (Å²) >= 11 is 3.84. The number of aromatic nitrogens is 2. The Bertz CT molecular complexity index is 553. The van der Waals surface area contributed by atoms with Gasteiger partial charge in [-0.15, -0.1) is 11.8 Å². The molecule has 0 aliphatic carbocycles. The molecule has 1 aromatic heterocycles. The number of carbonyl (C=O) groups excluding carboxylic acids is 1. The van der Waals surface area contributed by atoms with Crippen molar-refractivity contribution in [2.75, 3.05) is 25.2 Å². The van der Waals surface area contributed by atoms with Crippen molar-refractivity contribution in [3.8, 4) is 0 Å². The van der Waals surface area contributed by atoms with Crippen LogP contribution in [0.15, 0.2) is 0 Å². The molecule has 1 saturated heterocycles.